The van der Waals surface area contributed by atoms with E-state index in [1.807, 2.05) is 18.6 Å². The van der Waals surface area contributed by atoms with Crippen molar-refractivity contribution < 1.29 is 9.90 Å². The predicted molar refractivity (Wildman–Crippen MR) is 74.6 cm³/mol. The quantitative estimate of drug-likeness (QED) is 0.805. The summed E-state index contributed by atoms with van der Waals surface area (Å²) in [6.07, 6.45) is 3.67. The van der Waals surface area contributed by atoms with Gasteiger partial charge in [-0.2, -0.15) is 5.10 Å². The number of aryl methyl sites for hydroxylation is 1. The van der Waals surface area contributed by atoms with Crippen LogP contribution in [0.1, 0.15) is 10.4 Å². The summed E-state index contributed by atoms with van der Waals surface area (Å²) >= 11 is 2.91. The molecule has 3 rings (SSSR count). The molecule has 3 aromatic rings. The van der Waals surface area contributed by atoms with Crippen LogP contribution in [0.15, 0.2) is 29.2 Å². The molecule has 0 amide bonds. The fraction of sp³-hybridized carbons (Fsp3) is 0.0833. The van der Waals surface area contributed by atoms with E-state index < -0.39 is 5.97 Å². The Bertz CT molecular complexity index is 742. The standard InChI is InChI=1S/C12H9N3O2S2/c1-15-4-8(3-13-15)11-14-9(6-19-11)10-2-7(5-18-10)12(16)17/h2-6H,1H3,(H,16,17). The monoisotopic (exact) mass is 291 g/mol. The van der Waals surface area contributed by atoms with Gasteiger partial charge in [-0.3, -0.25) is 4.68 Å². The van der Waals surface area contributed by atoms with E-state index in [0.717, 1.165) is 21.1 Å². The summed E-state index contributed by atoms with van der Waals surface area (Å²) in [6, 6.07) is 1.65. The van der Waals surface area contributed by atoms with Crippen LogP contribution in [-0.2, 0) is 7.05 Å². The molecule has 96 valence electrons. The molecule has 1 N–H and O–H groups in total. The molecule has 0 atom stereocenters. The molecule has 0 aliphatic rings. The Morgan fingerprint density at radius 3 is 2.84 bits per heavy atom. The van der Waals surface area contributed by atoms with E-state index in [0.29, 0.717) is 5.56 Å². The van der Waals surface area contributed by atoms with E-state index in [-0.39, 0.29) is 0 Å². The number of thiazole rings is 1. The zero-order chi connectivity index (χ0) is 13.4. The lowest BCUT2D eigenvalue weighted by Gasteiger charge is -1.89. The molecule has 0 saturated carbocycles. The number of thiophene rings is 1. The van der Waals surface area contributed by atoms with Gasteiger partial charge in [0, 0.05) is 29.6 Å². The Labute approximate surface area is 116 Å². The summed E-state index contributed by atoms with van der Waals surface area (Å²) in [4.78, 5) is 16.2. The Balaban J connectivity index is 1.94. The number of carboxylic acid groups (broad SMARTS) is 1. The van der Waals surface area contributed by atoms with Crippen LogP contribution in [0.25, 0.3) is 21.1 Å². The van der Waals surface area contributed by atoms with Gasteiger partial charge in [0.1, 0.15) is 5.01 Å². The molecule has 19 heavy (non-hydrogen) atoms. The van der Waals surface area contributed by atoms with Gasteiger partial charge >= 0.3 is 5.97 Å². The number of aromatic carboxylic acids is 1. The smallest absolute Gasteiger partial charge is 0.336 e. The molecule has 0 aliphatic heterocycles. The van der Waals surface area contributed by atoms with Crippen molar-refractivity contribution >= 4 is 28.6 Å². The molecular weight excluding hydrogens is 282 g/mol. The van der Waals surface area contributed by atoms with E-state index in [1.54, 1.807) is 22.3 Å². The number of rotatable bonds is 3. The second-order valence-corrected chi connectivity index (χ2v) is 5.71. The van der Waals surface area contributed by atoms with E-state index in [9.17, 15) is 4.79 Å². The van der Waals surface area contributed by atoms with Crippen LogP contribution >= 0.6 is 22.7 Å². The van der Waals surface area contributed by atoms with Gasteiger partial charge in [0.2, 0.25) is 0 Å². The van der Waals surface area contributed by atoms with Gasteiger partial charge in [0.25, 0.3) is 0 Å². The summed E-state index contributed by atoms with van der Waals surface area (Å²) in [7, 11) is 1.86. The number of carbonyl (C=O) groups is 1. The maximum atomic E-state index is 10.9. The minimum absolute atomic E-state index is 0.302. The topological polar surface area (TPSA) is 68.0 Å². The third-order valence-corrected chi connectivity index (χ3v) is 4.40. The van der Waals surface area contributed by atoms with Gasteiger partial charge in [-0.1, -0.05) is 0 Å². The second-order valence-electron chi connectivity index (χ2n) is 3.95. The molecule has 0 aliphatic carbocycles. The van der Waals surface area contributed by atoms with Crippen molar-refractivity contribution in [2.24, 2.45) is 7.05 Å². The molecule has 0 saturated heterocycles. The van der Waals surface area contributed by atoms with Crippen LogP contribution in [-0.4, -0.2) is 25.8 Å². The Hall–Kier alpha value is -1.99. The lowest BCUT2D eigenvalue weighted by atomic mass is 10.3. The van der Waals surface area contributed by atoms with Gasteiger partial charge in [-0.05, 0) is 6.07 Å². The van der Waals surface area contributed by atoms with E-state index in [2.05, 4.69) is 10.1 Å². The van der Waals surface area contributed by atoms with Gasteiger partial charge in [-0.15, -0.1) is 22.7 Å². The minimum atomic E-state index is -0.912. The minimum Gasteiger partial charge on any atom is -0.478 e. The summed E-state index contributed by atoms with van der Waals surface area (Å²) in [5.41, 5.74) is 2.08. The highest BCUT2D eigenvalue weighted by Gasteiger charge is 2.12. The highest BCUT2D eigenvalue weighted by molar-refractivity contribution is 7.15. The van der Waals surface area contributed by atoms with Crippen molar-refractivity contribution in [1.82, 2.24) is 14.8 Å². The molecule has 0 aromatic carbocycles. The van der Waals surface area contributed by atoms with Gasteiger partial charge < -0.3 is 5.11 Å². The molecular formula is C12H9N3O2S2. The first-order chi connectivity index (χ1) is 9.13. The third-order valence-electron chi connectivity index (χ3n) is 2.55. The molecule has 5 nitrogen and oxygen atoms in total. The third kappa shape index (κ3) is 2.29. The zero-order valence-electron chi connectivity index (χ0n) is 9.90. The average molecular weight is 291 g/mol. The lowest BCUT2D eigenvalue weighted by Crippen LogP contribution is -1.91. The SMILES string of the molecule is Cn1cc(-c2nc(-c3cc(C(=O)O)cs3)cs2)cn1. The van der Waals surface area contributed by atoms with Crippen molar-refractivity contribution in [3.8, 4) is 21.1 Å². The number of aromatic nitrogens is 3. The van der Waals surface area contributed by atoms with Crippen molar-refractivity contribution in [1.29, 1.82) is 0 Å². The van der Waals surface area contributed by atoms with Crippen LogP contribution in [0, 0.1) is 0 Å². The first-order valence-corrected chi connectivity index (χ1v) is 7.16. The first-order valence-electron chi connectivity index (χ1n) is 5.40. The van der Waals surface area contributed by atoms with Crippen LogP contribution in [0.5, 0.6) is 0 Å². The number of hydrogen-bond acceptors (Lipinski definition) is 5. The fourth-order valence-electron chi connectivity index (χ4n) is 1.63. The maximum absolute atomic E-state index is 10.9. The van der Waals surface area contributed by atoms with Crippen LogP contribution in [0.3, 0.4) is 0 Å². The van der Waals surface area contributed by atoms with Crippen LogP contribution in [0.4, 0.5) is 0 Å². The molecule has 0 spiro atoms. The Kier molecular flexibility index (Phi) is 2.92. The van der Waals surface area contributed by atoms with Crippen molar-refractivity contribution in [2.45, 2.75) is 0 Å². The van der Waals surface area contributed by atoms with Crippen molar-refractivity contribution in [2.75, 3.05) is 0 Å². The number of carboxylic acids is 1. The molecule has 0 radical (unpaired) electrons. The van der Waals surface area contributed by atoms with Gasteiger partial charge in [-0.25, -0.2) is 9.78 Å². The first kappa shape index (κ1) is 12.1. The Morgan fingerprint density at radius 1 is 1.37 bits per heavy atom. The molecule has 7 heteroatoms. The van der Waals surface area contributed by atoms with E-state index in [1.165, 1.54) is 22.7 Å². The molecule has 3 aromatic heterocycles. The number of hydrogen-bond donors (Lipinski definition) is 1. The summed E-state index contributed by atoms with van der Waals surface area (Å²) in [5.74, 6) is -0.912. The molecule has 3 heterocycles. The average Bonchev–Trinajstić information content (AvgIpc) is 3.07. The van der Waals surface area contributed by atoms with Crippen molar-refractivity contribution in [3.63, 3.8) is 0 Å². The van der Waals surface area contributed by atoms with Gasteiger partial charge in [0.05, 0.1) is 22.3 Å². The Morgan fingerprint density at radius 2 is 2.21 bits per heavy atom. The van der Waals surface area contributed by atoms with Crippen molar-refractivity contribution in [3.05, 3.63) is 34.8 Å². The lowest BCUT2D eigenvalue weighted by molar-refractivity contribution is 0.0697. The fourth-order valence-corrected chi connectivity index (χ4v) is 3.35. The summed E-state index contributed by atoms with van der Waals surface area (Å²) < 4.78 is 1.73. The second kappa shape index (κ2) is 4.60. The molecule has 0 bridgehead atoms. The highest BCUT2D eigenvalue weighted by Crippen LogP contribution is 2.32. The summed E-state index contributed by atoms with van der Waals surface area (Å²) in [5, 5.41) is 17.5. The van der Waals surface area contributed by atoms with Crippen LogP contribution < -0.4 is 0 Å². The zero-order valence-corrected chi connectivity index (χ0v) is 11.5. The van der Waals surface area contributed by atoms with E-state index in [4.69, 9.17) is 5.11 Å². The van der Waals surface area contributed by atoms with Crippen LogP contribution in [0.2, 0.25) is 0 Å². The molecule has 0 unspecified atom stereocenters. The molecule has 0 fully saturated rings. The largest absolute Gasteiger partial charge is 0.478 e. The highest BCUT2D eigenvalue weighted by atomic mass is 32.1. The van der Waals surface area contributed by atoms with E-state index >= 15 is 0 Å². The predicted octanol–water partition coefficient (Wildman–Crippen LogP) is 2.97. The summed E-state index contributed by atoms with van der Waals surface area (Å²) in [6.45, 7) is 0. The normalized spacial score (nSPS) is 10.8. The van der Waals surface area contributed by atoms with Gasteiger partial charge in [0.15, 0.2) is 0 Å². The number of nitrogens with zero attached hydrogens (tertiary/aromatic N) is 3. The maximum Gasteiger partial charge on any atom is 0.336 e.